The molecule has 1 aromatic carbocycles. The van der Waals surface area contributed by atoms with Crippen LogP contribution < -0.4 is 11.1 Å². The molecule has 1 aromatic rings. The summed E-state index contributed by atoms with van der Waals surface area (Å²) in [5.41, 5.74) is 5.59. The average molecular weight is 298 g/mol. The minimum Gasteiger partial charge on any atom is -0.409 e. The Labute approximate surface area is 121 Å². The lowest BCUT2D eigenvalue weighted by Crippen LogP contribution is -2.39. The number of carbonyl (C=O) groups is 1. The van der Waals surface area contributed by atoms with Gasteiger partial charge in [0.05, 0.1) is 10.7 Å². The molecule has 1 amide bonds. The van der Waals surface area contributed by atoms with Crippen LogP contribution in [0, 0.1) is 0 Å². The van der Waals surface area contributed by atoms with E-state index in [1.54, 1.807) is 19.1 Å². The van der Waals surface area contributed by atoms with Crippen LogP contribution in [0.1, 0.15) is 25.3 Å². The third-order valence-electron chi connectivity index (χ3n) is 3.32. The van der Waals surface area contributed by atoms with Crippen LogP contribution in [0.4, 0.5) is 5.69 Å². The smallest absolute Gasteiger partial charge is 0.256 e. The van der Waals surface area contributed by atoms with Gasteiger partial charge in [-0.25, -0.2) is 0 Å². The Bertz CT molecular complexity index is 554. The fourth-order valence-corrected chi connectivity index (χ4v) is 2.27. The van der Waals surface area contributed by atoms with Crippen molar-refractivity contribution in [1.82, 2.24) is 0 Å². The molecule has 0 bridgehead atoms. The number of ether oxygens (including phenoxy) is 1. The number of nitrogens with zero attached hydrogens (tertiary/aromatic N) is 1. The van der Waals surface area contributed by atoms with E-state index in [9.17, 15) is 4.79 Å². The van der Waals surface area contributed by atoms with E-state index in [-0.39, 0.29) is 11.7 Å². The summed E-state index contributed by atoms with van der Waals surface area (Å²) in [6.07, 6.45) is 1.54. The maximum Gasteiger partial charge on any atom is 0.256 e. The number of amidine groups is 1. The molecule has 1 aliphatic heterocycles. The number of nitrogens with two attached hydrogens (primary N) is 1. The molecule has 2 rings (SSSR count). The molecule has 108 valence electrons. The van der Waals surface area contributed by atoms with Crippen molar-refractivity contribution in [3.63, 3.8) is 0 Å². The standard InChI is InChI=1S/C13H16ClN3O3/c1-13(5-2-6-20-13)12(18)16-10-4-3-8(7-9(10)14)11(15)17-19/h3-4,7,19H,2,5-6H2,1H3,(H2,15,17)(H,16,18). The number of amides is 1. The lowest BCUT2D eigenvalue weighted by molar-refractivity contribution is -0.133. The fourth-order valence-electron chi connectivity index (χ4n) is 2.05. The van der Waals surface area contributed by atoms with Gasteiger partial charge in [0.2, 0.25) is 0 Å². The first kappa shape index (κ1) is 14.6. The summed E-state index contributed by atoms with van der Waals surface area (Å²) in [5.74, 6) is -0.274. The predicted molar refractivity (Wildman–Crippen MR) is 76.2 cm³/mol. The number of hydrogen-bond acceptors (Lipinski definition) is 4. The molecule has 0 spiro atoms. The number of carbonyl (C=O) groups excluding carboxylic acids is 1. The van der Waals surface area contributed by atoms with Gasteiger partial charge < -0.3 is 21.0 Å². The maximum atomic E-state index is 12.2. The van der Waals surface area contributed by atoms with Gasteiger partial charge in [-0.05, 0) is 38.0 Å². The highest BCUT2D eigenvalue weighted by Crippen LogP contribution is 2.29. The Morgan fingerprint density at radius 1 is 1.60 bits per heavy atom. The molecule has 1 atom stereocenters. The van der Waals surface area contributed by atoms with Gasteiger partial charge in [-0.15, -0.1) is 0 Å². The molecule has 0 radical (unpaired) electrons. The molecule has 0 aliphatic carbocycles. The Morgan fingerprint density at radius 3 is 2.90 bits per heavy atom. The zero-order valence-electron chi connectivity index (χ0n) is 11.0. The van der Waals surface area contributed by atoms with E-state index in [4.69, 9.17) is 27.3 Å². The second-order valence-corrected chi connectivity index (χ2v) is 5.22. The molecule has 0 saturated carbocycles. The topological polar surface area (TPSA) is 96.9 Å². The van der Waals surface area contributed by atoms with Crippen molar-refractivity contribution in [2.45, 2.75) is 25.4 Å². The summed E-state index contributed by atoms with van der Waals surface area (Å²) in [7, 11) is 0. The van der Waals surface area contributed by atoms with Crippen molar-refractivity contribution in [2.75, 3.05) is 11.9 Å². The van der Waals surface area contributed by atoms with Crippen molar-refractivity contribution in [3.8, 4) is 0 Å². The second-order valence-electron chi connectivity index (χ2n) is 4.82. The van der Waals surface area contributed by atoms with Crippen LogP contribution in [0.3, 0.4) is 0 Å². The van der Waals surface area contributed by atoms with Crippen LogP contribution in [0.15, 0.2) is 23.4 Å². The first-order chi connectivity index (χ1) is 9.46. The van der Waals surface area contributed by atoms with Crippen LogP contribution in [-0.2, 0) is 9.53 Å². The van der Waals surface area contributed by atoms with E-state index in [2.05, 4.69) is 10.5 Å². The van der Waals surface area contributed by atoms with Crippen molar-refractivity contribution >= 4 is 29.0 Å². The zero-order valence-corrected chi connectivity index (χ0v) is 11.8. The maximum absolute atomic E-state index is 12.2. The predicted octanol–water partition coefficient (Wildman–Crippen LogP) is 1.94. The number of nitrogens with one attached hydrogen (secondary N) is 1. The van der Waals surface area contributed by atoms with E-state index in [1.165, 1.54) is 6.07 Å². The summed E-state index contributed by atoms with van der Waals surface area (Å²) in [6, 6.07) is 4.73. The monoisotopic (exact) mass is 297 g/mol. The Hall–Kier alpha value is -1.79. The lowest BCUT2D eigenvalue weighted by Gasteiger charge is -2.22. The highest BCUT2D eigenvalue weighted by Gasteiger charge is 2.37. The second kappa shape index (κ2) is 5.68. The molecule has 1 aliphatic rings. The molecule has 1 fully saturated rings. The number of benzene rings is 1. The van der Waals surface area contributed by atoms with Gasteiger partial charge in [-0.2, -0.15) is 0 Å². The molecule has 4 N–H and O–H groups in total. The fraction of sp³-hybridized carbons (Fsp3) is 0.385. The van der Waals surface area contributed by atoms with Crippen LogP contribution in [-0.4, -0.2) is 29.2 Å². The van der Waals surface area contributed by atoms with Crippen LogP contribution in [0.5, 0.6) is 0 Å². The quantitative estimate of drug-likeness (QED) is 0.344. The first-order valence-electron chi connectivity index (χ1n) is 6.19. The number of rotatable bonds is 3. The van der Waals surface area contributed by atoms with E-state index in [1.807, 2.05) is 0 Å². The summed E-state index contributed by atoms with van der Waals surface area (Å²) in [5, 5.41) is 14.5. The van der Waals surface area contributed by atoms with Gasteiger partial charge in [0.15, 0.2) is 5.84 Å². The van der Waals surface area contributed by atoms with Crippen LogP contribution >= 0.6 is 11.6 Å². The summed E-state index contributed by atoms with van der Waals surface area (Å²) in [4.78, 5) is 12.2. The van der Waals surface area contributed by atoms with Gasteiger partial charge >= 0.3 is 0 Å². The largest absolute Gasteiger partial charge is 0.409 e. The molecule has 6 nitrogen and oxygen atoms in total. The van der Waals surface area contributed by atoms with E-state index in [0.717, 1.165) is 6.42 Å². The minimum atomic E-state index is -0.812. The molecule has 1 unspecified atom stereocenters. The summed E-state index contributed by atoms with van der Waals surface area (Å²) in [6.45, 7) is 2.34. The van der Waals surface area contributed by atoms with Gasteiger partial charge in [0.25, 0.3) is 5.91 Å². The number of anilines is 1. The lowest BCUT2D eigenvalue weighted by atomic mass is 10.0. The van der Waals surface area contributed by atoms with Crippen molar-refractivity contribution in [1.29, 1.82) is 0 Å². The Balaban J connectivity index is 2.16. The highest BCUT2D eigenvalue weighted by atomic mass is 35.5. The third kappa shape index (κ3) is 2.86. The van der Waals surface area contributed by atoms with Crippen LogP contribution in [0.25, 0.3) is 0 Å². The average Bonchev–Trinajstić information content (AvgIpc) is 2.88. The van der Waals surface area contributed by atoms with E-state index >= 15 is 0 Å². The highest BCUT2D eigenvalue weighted by molar-refractivity contribution is 6.34. The van der Waals surface area contributed by atoms with Crippen molar-refractivity contribution < 1.29 is 14.7 Å². The summed E-state index contributed by atoms with van der Waals surface area (Å²) >= 11 is 6.08. The van der Waals surface area contributed by atoms with Gasteiger partial charge in [0.1, 0.15) is 5.60 Å². The molecule has 0 aromatic heterocycles. The molecular weight excluding hydrogens is 282 g/mol. The molecule has 1 heterocycles. The molecule has 1 saturated heterocycles. The van der Waals surface area contributed by atoms with Gasteiger partial charge in [-0.3, -0.25) is 4.79 Å². The first-order valence-corrected chi connectivity index (χ1v) is 6.57. The van der Waals surface area contributed by atoms with E-state index < -0.39 is 5.60 Å². The van der Waals surface area contributed by atoms with E-state index in [0.29, 0.717) is 29.3 Å². The van der Waals surface area contributed by atoms with Crippen molar-refractivity contribution in [2.24, 2.45) is 10.9 Å². The number of halogens is 1. The zero-order chi connectivity index (χ0) is 14.8. The molecular formula is C13H16ClN3O3. The van der Waals surface area contributed by atoms with Crippen LogP contribution in [0.2, 0.25) is 5.02 Å². The van der Waals surface area contributed by atoms with Crippen molar-refractivity contribution in [3.05, 3.63) is 28.8 Å². The Morgan fingerprint density at radius 2 is 2.35 bits per heavy atom. The Kier molecular flexibility index (Phi) is 4.15. The summed E-state index contributed by atoms with van der Waals surface area (Å²) < 4.78 is 5.47. The van der Waals surface area contributed by atoms with Gasteiger partial charge in [0, 0.05) is 12.2 Å². The number of oxime groups is 1. The molecule has 7 heteroatoms. The number of hydrogen-bond donors (Lipinski definition) is 3. The normalized spacial score (nSPS) is 22.8. The molecule has 20 heavy (non-hydrogen) atoms. The minimum absolute atomic E-state index is 0.0455. The third-order valence-corrected chi connectivity index (χ3v) is 3.63. The van der Waals surface area contributed by atoms with Gasteiger partial charge in [-0.1, -0.05) is 16.8 Å². The SMILES string of the molecule is CC1(C(=O)Nc2ccc(/C(N)=N/O)cc2Cl)CCCO1.